The largest absolute Gasteiger partial charge is 0.382 e. The molecule has 0 radical (unpaired) electrons. The van der Waals surface area contributed by atoms with Crippen LogP contribution in [0.4, 0.5) is 5.69 Å². The van der Waals surface area contributed by atoms with E-state index in [0.29, 0.717) is 17.9 Å². The highest BCUT2D eigenvalue weighted by atomic mass is 35.5. The van der Waals surface area contributed by atoms with E-state index < -0.39 is 0 Å². The van der Waals surface area contributed by atoms with Gasteiger partial charge in [0.2, 0.25) is 0 Å². The topological polar surface area (TPSA) is 44.4 Å². The number of carbonyl (C=O) groups is 1. The summed E-state index contributed by atoms with van der Waals surface area (Å²) in [7, 11) is 1.98. The number of likely N-dealkylation sites (tertiary alicyclic amines) is 1. The van der Waals surface area contributed by atoms with Gasteiger partial charge in [-0.05, 0) is 69.8 Å². The summed E-state index contributed by atoms with van der Waals surface area (Å²) < 4.78 is 0. The molecule has 1 fully saturated rings. The number of nitrogens with one attached hydrogen (secondary N) is 2. The number of nitrogens with zero attached hydrogens (tertiary/aromatic N) is 1. The number of piperidine rings is 1. The van der Waals surface area contributed by atoms with Crippen molar-refractivity contribution in [2.45, 2.75) is 46.6 Å². The van der Waals surface area contributed by atoms with Crippen LogP contribution in [0.5, 0.6) is 0 Å². The summed E-state index contributed by atoms with van der Waals surface area (Å²) in [6, 6.07) is 6.41. The quantitative estimate of drug-likeness (QED) is 0.740. The molecule has 0 spiro atoms. The lowest BCUT2D eigenvalue weighted by Crippen LogP contribution is -2.42. The van der Waals surface area contributed by atoms with Gasteiger partial charge in [-0.2, -0.15) is 0 Å². The van der Waals surface area contributed by atoms with Crippen molar-refractivity contribution in [3.8, 4) is 0 Å². The number of hydrogen-bond donors (Lipinski definition) is 2. The fraction of sp³-hybridized carbons (Fsp3) is 0.650. The summed E-state index contributed by atoms with van der Waals surface area (Å²) in [5, 5.41) is 6.80. The van der Waals surface area contributed by atoms with Gasteiger partial charge in [-0.25, -0.2) is 0 Å². The standard InChI is InChI=1S/C20H33N3O.2ClH/c1-14(2)16(4)22-19-10-6-9-18(15(19)3)20(24)23-11-7-8-17(13-23)12-21-5;;/h6,9-10,14,16-17,21-22H,7-8,11-13H2,1-5H3;2*1H. The van der Waals surface area contributed by atoms with Crippen molar-refractivity contribution < 1.29 is 4.79 Å². The zero-order valence-electron chi connectivity index (χ0n) is 16.7. The molecule has 1 amide bonds. The molecule has 2 atom stereocenters. The molecule has 1 aromatic rings. The SMILES string of the molecule is CNCC1CCCN(C(=O)c2cccc(NC(C)C(C)C)c2C)C1.Cl.Cl. The Balaban J connectivity index is 0.00000312. The Morgan fingerprint density at radius 2 is 1.96 bits per heavy atom. The Kier molecular flexibility index (Phi) is 11.2. The Hall–Kier alpha value is -0.970. The van der Waals surface area contributed by atoms with Gasteiger partial charge in [0.25, 0.3) is 5.91 Å². The Bertz CT molecular complexity index is 564. The molecule has 1 heterocycles. The van der Waals surface area contributed by atoms with Crippen LogP contribution in [-0.4, -0.2) is 43.5 Å². The molecule has 1 aliphatic rings. The molecule has 2 rings (SSSR count). The van der Waals surface area contributed by atoms with Crippen LogP contribution in [0.3, 0.4) is 0 Å². The minimum absolute atomic E-state index is 0. The van der Waals surface area contributed by atoms with E-state index in [9.17, 15) is 4.79 Å². The maximum atomic E-state index is 13.0. The number of carbonyl (C=O) groups excluding carboxylic acids is 1. The molecular formula is C20H35Cl2N3O. The fourth-order valence-electron chi connectivity index (χ4n) is 3.31. The zero-order chi connectivity index (χ0) is 17.7. The van der Waals surface area contributed by atoms with Crippen LogP contribution < -0.4 is 10.6 Å². The van der Waals surface area contributed by atoms with Gasteiger partial charge in [-0.1, -0.05) is 19.9 Å². The van der Waals surface area contributed by atoms with Crippen LogP contribution in [-0.2, 0) is 0 Å². The van der Waals surface area contributed by atoms with E-state index in [1.165, 1.54) is 6.42 Å². The van der Waals surface area contributed by atoms with Crippen molar-refractivity contribution in [3.63, 3.8) is 0 Å². The highest BCUT2D eigenvalue weighted by Gasteiger charge is 2.25. The second-order valence-corrected chi connectivity index (χ2v) is 7.47. The number of amides is 1. The van der Waals surface area contributed by atoms with Crippen LogP contribution in [0.15, 0.2) is 18.2 Å². The second-order valence-electron chi connectivity index (χ2n) is 7.47. The number of rotatable bonds is 6. The van der Waals surface area contributed by atoms with E-state index in [1.54, 1.807) is 0 Å². The van der Waals surface area contributed by atoms with Gasteiger partial charge in [0.1, 0.15) is 0 Å². The Morgan fingerprint density at radius 3 is 2.58 bits per heavy atom. The lowest BCUT2D eigenvalue weighted by atomic mass is 9.96. The fourth-order valence-corrected chi connectivity index (χ4v) is 3.31. The predicted molar refractivity (Wildman–Crippen MR) is 116 cm³/mol. The minimum atomic E-state index is 0. The third-order valence-electron chi connectivity index (χ3n) is 5.25. The molecule has 0 aromatic heterocycles. The minimum Gasteiger partial charge on any atom is -0.382 e. The highest BCUT2D eigenvalue weighted by molar-refractivity contribution is 5.97. The van der Waals surface area contributed by atoms with Gasteiger partial charge >= 0.3 is 0 Å². The molecule has 0 saturated carbocycles. The molecular weight excluding hydrogens is 369 g/mol. The first-order valence-electron chi connectivity index (χ1n) is 9.24. The van der Waals surface area contributed by atoms with E-state index in [-0.39, 0.29) is 30.7 Å². The molecule has 1 aromatic carbocycles. The van der Waals surface area contributed by atoms with E-state index >= 15 is 0 Å². The van der Waals surface area contributed by atoms with Crippen molar-refractivity contribution in [2.24, 2.45) is 11.8 Å². The normalized spacial score (nSPS) is 17.9. The molecule has 0 bridgehead atoms. The third kappa shape index (κ3) is 6.33. The monoisotopic (exact) mass is 403 g/mol. The van der Waals surface area contributed by atoms with Gasteiger partial charge in [0, 0.05) is 30.4 Å². The van der Waals surface area contributed by atoms with E-state index in [4.69, 9.17) is 0 Å². The van der Waals surface area contributed by atoms with Crippen molar-refractivity contribution in [1.29, 1.82) is 0 Å². The van der Waals surface area contributed by atoms with Crippen molar-refractivity contribution in [2.75, 3.05) is 32.0 Å². The van der Waals surface area contributed by atoms with Crippen molar-refractivity contribution >= 4 is 36.4 Å². The first kappa shape index (κ1) is 25.0. The second kappa shape index (κ2) is 11.7. The molecule has 1 aliphatic heterocycles. The molecule has 4 nitrogen and oxygen atoms in total. The van der Waals surface area contributed by atoms with E-state index in [0.717, 1.165) is 42.9 Å². The molecule has 0 aliphatic carbocycles. The molecule has 26 heavy (non-hydrogen) atoms. The van der Waals surface area contributed by atoms with Crippen molar-refractivity contribution in [1.82, 2.24) is 10.2 Å². The third-order valence-corrected chi connectivity index (χ3v) is 5.25. The van der Waals surface area contributed by atoms with Gasteiger partial charge in [0.05, 0.1) is 0 Å². The summed E-state index contributed by atoms with van der Waals surface area (Å²) in [6.45, 7) is 11.4. The zero-order valence-corrected chi connectivity index (χ0v) is 18.3. The molecule has 6 heteroatoms. The number of hydrogen-bond acceptors (Lipinski definition) is 3. The lowest BCUT2D eigenvalue weighted by molar-refractivity contribution is 0.0673. The van der Waals surface area contributed by atoms with Gasteiger partial charge in [-0.15, -0.1) is 24.8 Å². The van der Waals surface area contributed by atoms with Gasteiger partial charge < -0.3 is 15.5 Å². The summed E-state index contributed by atoms with van der Waals surface area (Å²) >= 11 is 0. The van der Waals surface area contributed by atoms with E-state index in [2.05, 4.69) is 44.4 Å². The lowest BCUT2D eigenvalue weighted by Gasteiger charge is -2.33. The van der Waals surface area contributed by atoms with Gasteiger partial charge in [-0.3, -0.25) is 4.79 Å². The van der Waals surface area contributed by atoms with Crippen LogP contribution in [0.2, 0.25) is 0 Å². The van der Waals surface area contributed by atoms with Crippen LogP contribution >= 0.6 is 24.8 Å². The summed E-state index contributed by atoms with van der Waals surface area (Å²) in [4.78, 5) is 15.1. The van der Waals surface area contributed by atoms with E-state index in [1.807, 2.05) is 24.1 Å². The summed E-state index contributed by atoms with van der Waals surface area (Å²) in [5.41, 5.74) is 2.97. The average molecular weight is 404 g/mol. The first-order chi connectivity index (χ1) is 11.4. The van der Waals surface area contributed by atoms with Gasteiger partial charge in [0.15, 0.2) is 0 Å². The number of halogens is 2. The predicted octanol–water partition coefficient (Wildman–Crippen LogP) is 4.37. The first-order valence-corrected chi connectivity index (χ1v) is 9.24. The summed E-state index contributed by atoms with van der Waals surface area (Å²) in [5.74, 6) is 1.29. The number of anilines is 1. The Labute approximate surface area is 171 Å². The molecule has 2 N–H and O–H groups in total. The average Bonchev–Trinajstić information content (AvgIpc) is 2.56. The smallest absolute Gasteiger partial charge is 0.254 e. The van der Waals surface area contributed by atoms with Crippen LogP contribution in [0.25, 0.3) is 0 Å². The Morgan fingerprint density at radius 1 is 1.27 bits per heavy atom. The molecule has 2 unspecified atom stereocenters. The maximum Gasteiger partial charge on any atom is 0.254 e. The van der Waals surface area contributed by atoms with Crippen LogP contribution in [0, 0.1) is 18.8 Å². The van der Waals surface area contributed by atoms with Crippen molar-refractivity contribution in [3.05, 3.63) is 29.3 Å². The van der Waals surface area contributed by atoms with Crippen LogP contribution in [0.1, 0.15) is 49.5 Å². The highest BCUT2D eigenvalue weighted by Crippen LogP contribution is 2.24. The maximum absolute atomic E-state index is 13.0. The molecule has 150 valence electrons. The number of benzene rings is 1. The molecule has 1 saturated heterocycles. The summed E-state index contributed by atoms with van der Waals surface area (Å²) in [6.07, 6.45) is 2.30.